The van der Waals surface area contributed by atoms with Crippen molar-refractivity contribution in [1.29, 1.82) is 0 Å². The zero-order chi connectivity index (χ0) is 18.2. The van der Waals surface area contributed by atoms with Gasteiger partial charge in [-0.25, -0.2) is 0 Å². The average Bonchev–Trinajstić information content (AvgIpc) is 3.12. The fourth-order valence-corrected chi connectivity index (χ4v) is 2.89. The summed E-state index contributed by atoms with van der Waals surface area (Å²) >= 11 is 7.15. The molecular weight excluding hydrogens is 360 g/mol. The van der Waals surface area contributed by atoms with Gasteiger partial charge in [0.25, 0.3) is 5.91 Å². The third-order valence-electron chi connectivity index (χ3n) is 3.46. The van der Waals surface area contributed by atoms with Crippen LogP contribution in [-0.2, 0) is 4.79 Å². The molecule has 1 aromatic carbocycles. The number of hydrogen-bond donors (Lipinski definition) is 2. The van der Waals surface area contributed by atoms with Crippen LogP contribution in [0.15, 0.2) is 41.8 Å². The Morgan fingerprint density at radius 2 is 1.92 bits per heavy atom. The molecule has 25 heavy (non-hydrogen) atoms. The summed E-state index contributed by atoms with van der Waals surface area (Å²) in [6, 6.07) is 9.96. The number of nitrogens with one attached hydrogen (secondary N) is 2. The van der Waals surface area contributed by atoms with Gasteiger partial charge in [0, 0.05) is 5.02 Å². The van der Waals surface area contributed by atoms with Crippen LogP contribution in [0.3, 0.4) is 0 Å². The van der Waals surface area contributed by atoms with E-state index in [1.165, 1.54) is 11.3 Å². The molecule has 0 saturated carbocycles. The number of benzene rings is 1. The maximum absolute atomic E-state index is 12.4. The predicted molar refractivity (Wildman–Crippen MR) is 100 cm³/mol. The number of hydrogen-bond acceptors (Lipinski definition) is 4. The van der Waals surface area contributed by atoms with Crippen LogP contribution in [0.1, 0.15) is 23.5 Å². The fraction of sp³-hybridized carbons (Fsp3) is 0.333. The van der Waals surface area contributed by atoms with Crippen molar-refractivity contribution < 1.29 is 14.3 Å². The summed E-state index contributed by atoms with van der Waals surface area (Å²) in [6.45, 7) is 4.46. The van der Waals surface area contributed by atoms with Gasteiger partial charge in [0.2, 0.25) is 5.91 Å². The quantitative estimate of drug-likeness (QED) is 0.690. The van der Waals surface area contributed by atoms with Crippen LogP contribution in [0, 0.1) is 5.92 Å². The van der Waals surface area contributed by atoms with Crippen LogP contribution < -0.4 is 15.4 Å². The second-order valence-electron chi connectivity index (χ2n) is 5.77. The second kappa shape index (κ2) is 9.44. The van der Waals surface area contributed by atoms with Crippen molar-refractivity contribution in [1.82, 2.24) is 10.6 Å². The van der Waals surface area contributed by atoms with E-state index in [1.807, 2.05) is 19.2 Å². The van der Waals surface area contributed by atoms with Crippen molar-refractivity contribution in [2.45, 2.75) is 19.9 Å². The molecule has 5 nitrogen and oxygen atoms in total. The molecule has 2 N–H and O–H groups in total. The van der Waals surface area contributed by atoms with Crippen molar-refractivity contribution in [2.75, 3.05) is 13.2 Å². The highest BCUT2D eigenvalue weighted by Gasteiger charge is 2.24. The Morgan fingerprint density at radius 1 is 1.20 bits per heavy atom. The Hall–Kier alpha value is -2.05. The first kappa shape index (κ1) is 19.3. The summed E-state index contributed by atoms with van der Waals surface area (Å²) in [4.78, 5) is 25.1. The zero-order valence-electron chi connectivity index (χ0n) is 14.1. The number of rotatable bonds is 8. The molecule has 7 heteroatoms. The van der Waals surface area contributed by atoms with Gasteiger partial charge in [-0.05, 0) is 41.6 Å². The molecule has 1 heterocycles. The maximum atomic E-state index is 12.4. The highest BCUT2D eigenvalue weighted by atomic mass is 35.5. The smallest absolute Gasteiger partial charge is 0.262 e. The third-order valence-corrected chi connectivity index (χ3v) is 4.58. The third kappa shape index (κ3) is 6.07. The first-order chi connectivity index (χ1) is 12.0. The van der Waals surface area contributed by atoms with Gasteiger partial charge in [-0.15, -0.1) is 11.3 Å². The fourth-order valence-electron chi connectivity index (χ4n) is 2.14. The molecule has 2 amide bonds. The highest BCUT2D eigenvalue weighted by Crippen LogP contribution is 2.15. The monoisotopic (exact) mass is 380 g/mol. The van der Waals surface area contributed by atoms with Gasteiger partial charge >= 0.3 is 0 Å². The van der Waals surface area contributed by atoms with Crippen LogP contribution >= 0.6 is 22.9 Å². The van der Waals surface area contributed by atoms with Crippen molar-refractivity contribution in [3.05, 3.63) is 51.7 Å². The number of carbonyl (C=O) groups is 2. The van der Waals surface area contributed by atoms with E-state index in [9.17, 15) is 9.59 Å². The molecule has 1 aromatic heterocycles. The summed E-state index contributed by atoms with van der Waals surface area (Å²) in [5.74, 6) is 0.201. The van der Waals surface area contributed by atoms with E-state index in [4.69, 9.17) is 16.3 Å². The van der Waals surface area contributed by atoms with Gasteiger partial charge in [0.1, 0.15) is 18.4 Å². The van der Waals surface area contributed by atoms with Crippen molar-refractivity contribution in [3.63, 3.8) is 0 Å². The van der Waals surface area contributed by atoms with E-state index < -0.39 is 6.04 Å². The highest BCUT2D eigenvalue weighted by molar-refractivity contribution is 7.12. The maximum Gasteiger partial charge on any atom is 0.262 e. The van der Waals surface area contributed by atoms with Crippen LogP contribution in [0.5, 0.6) is 5.75 Å². The van der Waals surface area contributed by atoms with Crippen LogP contribution in [-0.4, -0.2) is 31.0 Å². The lowest BCUT2D eigenvalue weighted by Crippen LogP contribution is -2.50. The Balaban J connectivity index is 1.79. The van der Waals surface area contributed by atoms with Crippen LogP contribution in [0.4, 0.5) is 0 Å². The van der Waals surface area contributed by atoms with Crippen molar-refractivity contribution >= 4 is 34.8 Å². The first-order valence-corrected chi connectivity index (χ1v) is 9.23. The van der Waals surface area contributed by atoms with Crippen molar-refractivity contribution in [3.8, 4) is 5.75 Å². The lowest BCUT2D eigenvalue weighted by Gasteiger charge is -2.21. The number of halogens is 1. The molecule has 134 valence electrons. The second-order valence-corrected chi connectivity index (χ2v) is 7.15. The molecule has 0 spiro atoms. The lowest BCUT2D eigenvalue weighted by molar-refractivity contribution is -0.124. The summed E-state index contributed by atoms with van der Waals surface area (Å²) in [7, 11) is 0. The number of ether oxygens (including phenoxy) is 1. The number of amides is 2. The summed E-state index contributed by atoms with van der Waals surface area (Å²) < 4.78 is 5.53. The zero-order valence-corrected chi connectivity index (χ0v) is 15.7. The molecule has 0 aliphatic carbocycles. The topological polar surface area (TPSA) is 67.4 Å². The minimum absolute atomic E-state index is 0.0268. The summed E-state index contributed by atoms with van der Waals surface area (Å²) in [5.41, 5.74) is 0. The first-order valence-electron chi connectivity index (χ1n) is 7.98. The Morgan fingerprint density at radius 3 is 2.52 bits per heavy atom. The van der Waals surface area contributed by atoms with E-state index >= 15 is 0 Å². The molecular formula is C18H21ClN2O3S. The van der Waals surface area contributed by atoms with E-state index in [0.717, 1.165) is 0 Å². The van der Waals surface area contributed by atoms with E-state index in [1.54, 1.807) is 36.4 Å². The van der Waals surface area contributed by atoms with Gasteiger partial charge in [-0.2, -0.15) is 0 Å². The summed E-state index contributed by atoms with van der Waals surface area (Å²) in [6.07, 6.45) is 0. The SMILES string of the molecule is CC(C)C(NC(=O)c1cccs1)C(=O)NCCOc1ccc(Cl)cc1. The average molecular weight is 381 g/mol. The minimum atomic E-state index is -0.592. The van der Waals surface area contributed by atoms with Gasteiger partial charge < -0.3 is 15.4 Å². The predicted octanol–water partition coefficient (Wildman–Crippen LogP) is 3.35. The van der Waals surface area contributed by atoms with E-state index in [2.05, 4.69) is 10.6 Å². The number of carbonyl (C=O) groups excluding carboxylic acids is 2. The molecule has 0 aliphatic heterocycles. The Kier molecular flexibility index (Phi) is 7.28. The minimum Gasteiger partial charge on any atom is -0.492 e. The normalized spacial score (nSPS) is 11.8. The van der Waals surface area contributed by atoms with Crippen molar-refractivity contribution in [2.24, 2.45) is 5.92 Å². The van der Waals surface area contributed by atoms with E-state index in [0.29, 0.717) is 28.8 Å². The van der Waals surface area contributed by atoms with Gasteiger partial charge in [0.05, 0.1) is 11.4 Å². The number of thiophene rings is 1. The standard InChI is InChI=1S/C18H21ClN2O3S/c1-12(2)16(21-17(22)15-4-3-11-25-15)18(23)20-9-10-24-14-7-5-13(19)6-8-14/h3-8,11-12,16H,9-10H2,1-2H3,(H,20,23)(H,21,22). The molecule has 0 bridgehead atoms. The molecule has 2 rings (SSSR count). The Labute approximate surface area is 156 Å². The molecule has 1 unspecified atom stereocenters. The van der Waals surface area contributed by atoms with Gasteiger partial charge in [-0.1, -0.05) is 31.5 Å². The summed E-state index contributed by atoms with van der Waals surface area (Å²) in [5, 5.41) is 8.05. The molecule has 2 aromatic rings. The molecule has 0 saturated heterocycles. The molecule has 0 aliphatic rings. The molecule has 0 radical (unpaired) electrons. The molecule has 1 atom stereocenters. The van der Waals surface area contributed by atoms with E-state index in [-0.39, 0.29) is 17.7 Å². The van der Waals surface area contributed by atoms with Crippen LogP contribution in [0.25, 0.3) is 0 Å². The Bertz CT molecular complexity index is 687. The van der Waals surface area contributed by atoms with Gasteiger partial charge in [0.15, 0.2) is 0 Å². The molecule has 0 fully saturated rings. The van der Waals surface area contributed by atoms with Crippen LogP contribution in [0.2, 0.25) is 5.02 Å². The van der Waals surface area contributed by atoms with Gasteiger partial charge in [-0.3, -0.25) is 9.59 Å². The largest absolute Gasteiger partial charge is 0.492 e. The lowest BCUT2D eigenvalue weighted by atomic mass is 10.0.